The number of aromatic amines is 1. The van der Waals surface area contributed by atoms with Crippen LogP contribution in [-0.4, -0.2) is 22.5 Å². The highest BCUT2D eigenvalue weighted by Crippen LogP contribution is 2.32. The van der Waals surface area contributed by atoms with Gasteiger partial charge in [-0.2, -0.15) is 0 Å². The van der Waals surface area contributed by atoms with Gasteiger partial charge in [-0.15, -0.1) is 0 Å². The van der Waals surface area contributed by atoms with E-state index in [1.54, 1.807) is 30.6 Å². The van der Waals surface area contributed by atoms with Crippen molar-refractivity contribution in [2.24, 2.45) is 0 Å². The predicted molar refractivity (Wildman–Crippen MR) is 82.8 cm³/mol. The second-order valence-corrected chi connectivity index (χ2v) is 5.48. The van der Waals surface area contributed by atoms with Crippen molar-refractivity contribution in [1.29, 1.82) is 0 Å². The standard InChI is InChI=1S/C17H14FN3O2/c18-11-2-4-16-12(8-11)13(5-6-23-16)21-17(22)10-1-3-14-15(7-10)20-9-19-14/h1-4,7-9,13H,5-6H2,(H,19,20)(H,21,22). The van der Waals surface area contributed by atoms with E-state index in [4.69, 9.17) is 4.74 Å². The Morgan fingerprint density at radius 1 is 1.30 bits per heavy atom. The van der Waals surface area contributed by atoms with E-state index in [1.165, 1.54) is 12.1 Å². The number of nitrogens with one attached hydrogen (secondary N) is 2. The molecule has 3 aromatic rings. The maximum atomic E-state index is 13.5. The molecule has 0 saturated heterocycles. The summed E-state index contributed by atoms with van der Waals surface area (Å²) in [6.45, 7) is 0.489. The van der Waals surface area contributed by atoms with Gasteiger partial charge in [0.1, 0.15) is 11.6 Å². The molecule has 0 bridgehead atoms. The zero-order chi connectivity index (χ0) is 15.8. The third kappa shape index (κ3) is 2.52. The molecule has 23 heavy (non-hydrogen) atoms. The number of hydrogen-bond donors (Lipinski definition) is 2. The quantitative estimate of drug-likeness (QED) is 0.764. The van der Waals surface area contributed by atoms with Gasteiger partial charge in [-0.25, -0.2) is 9.37 Å². The Kier molecular flexibility index (Phi) is 3.22. The van der Waals surface area contributed by atoms with Crippen LogP contribution in [0, 0.1) is 5.82 Å². The Hall–Kier alpha value is -2.89. The summed E-state index contributed by atoms with van der Waals surface area (Å²) >= 11 is 0. The lowest BCUT2D eigenvalue weighted by Crippen LogP contribution is -2.32. The molecule has 1 aromatic heterocycles. The van der Waals surface area contributed by atoms with Crippen molar-refractivity contribution in [2.45, 2.75) is 12.5 Å². The van der Waals surface area contributed by atoms with E-state index in [1.807, 2.05) is 0 Å². The number of fused-ring (bicyclic) bond motifs is 2. The molecule has 0 spiro atoms. The van der Waals surface area contributed by atoms with E-state index >= 15 is 0 Å². The van der Waals surface area contributed by atoms with E-state index in [2.05, 4.69) is 15.3 Å². The number of H-pyrrole nitrogens is 1. The van der Waals surface area contributed by atoms with Gasteiger partial charge in [0, 0.05) is 17.5 Å². The minimum atomic E-state index is -0.340. The largest absolute Gasteiger partial charge is 0.493 e. The topological polar surface area (TPSA) is 67.0 Å². The first-order valence-corrected chi connectivity index (χ1v) is 7.37. The average molecular weight is 311 g/mol. The minimum absolute atomic E-state index is 0.205. The molecule has 1 aliphatic rings. The van der Waals surface area contributed by atoms with Gasteiger partial charge in [-0.05, 0) is 36.4 Å². The first-order valence-electron chi connectivity index (χ1n) is 7.37. The number of halogens is 1. The zero-order valence-corrected chi connectivity index (χ0v) is 12.2. The number of amides is 1. The van der Waals surface area contributed by atoms with Gasteiger partial charge >= 0.3 is 0 Å². The van der Waals surface area contributed by atoms with Crippen molar-refractivity contribution < 1.29 is 13.9 Å². The van der Waals surface area contributed by atoms with Crippen LogP contribution in [0.15, 0.2) is 42.7 Å². The molecular formula is C17H14FN3O2. The number of aromatic nitrogens is 2. The molecular weight excluding hydrogens is 297 g/mol. The molecule has 0 saturated carbocycles. The van der Waals surface area contributed by atoms with Crippen LogP contribution in [0.5, 0.6) is 5.75 Å². The number of rotatable bonds is 2. The van der Waals surface area contributed by atoms with Gasteiger partial charge < -0.3 is 15.0 Å². The van der Waals surface area contributed by atoms with Gasteiger partial charge in [-0.3, -0.25) is 4.79 Å². The van der Waals surface area contributed by atoms with Crippen molar-refractivity contribution in [3.05, 3.63) is 59.7 Å². The molecule has 1 aliphatic heterocycles. The molecule has 0 aliphatic carbocycles. The van der Waals surface area contributed by atoms with Crippen molar-refractivity contribution in [2.75, 3.05) is 6.61 Å². The average Bonchev–Trinajstić information content (AvgIpc) is 3.03. The lowest BCUT2D eigenvalue weighted by atomic mass is 10.00. The summed E-state index contributed by atoms with van der Waals surface area (Å²) in [5, 5.41) is 2.96. The van der Waals surface area contributed by atoms with Crippen molar-refractivity contribution in [3.63, 3.8) is 0 Å². The Balaban J connectivity index is 1.61. The van der Waals surface area contributed by atoms with Crippen LogP contribution >= 0.6 is 0 Å². The molecule has 0 radical (unpaired) electrons. The van der Waals surface area contributed by atoms with Crippen LogP contribution < -0.4 is 10.1 Å². The van der Waals surface area contributed by atoms with E-state index in [0.717, 1.165) is 11.0 Å². The van der Waals surface area contributed by atoms with Crippen LogP contribution in [0.1, 0.15) is 28.4 Å². The van der Waals surface area contributed by atoms with E-state index in [0.29, 0.717) is 29.9 Å². The number of benzene rings is 2. The summed E-state index contributed by atoms with van der Waals surface area (Å²) in [5.41, 5.74) is 2.81. The highest BCUT2D eigenvalue weighted by atomic mass is 19.1. The maximum absolute atomic E-state index is 13.5. The molecule has 1 unspecified atom stereocenters. The second kappa shape index (κ2) is 5.39. The molecule has 2 heterocycles. The summed E-state index contributed by atoms with van der Waals surface area (Å²) in [6, 6.07) is 9.37. The van der Waals surface area contributed by atoms with Gasteiger partial charge in [0.15, 0.2) is 0 Å². The van der Waals surface area contributed by atoms with E-state index < -0.39 is 0 Å². The Morgan fingerprint density at radius 2 is 2.22 bits per heavy atom. The summed E-state index contributed by atoms with van der Waals surface area (Å²) < 4.78 is 19.0. The zero-order valence-electron chi connectivity index (χ0n) is 12.2. The number of imidazole rings is 1. The lowest BCUT2D eigenvalue weighted by Gasteiger charge is -2.26. The number of nitrogens with zero attached hydrogens (tertiary/aromatic N) is 1. The highest BCUT2D eigenvalue weighted by Gasteiger charge is 2.24. The Bertz CT molecular complexity index is 890. The first kappa shape index (κ1) is 13.8. The summed E-state index contributed by atoms with van der Waals surface area (Å²) in [7, 11) is 0. The van der Waals surface area contributed by atoms with Crippen molar-refractivity contribution in [1.82, 2.24) is 15.3 Å². The van der Waals surface area contributed by atoms with Crippen LogP contribution in [0.4, 0.5) is 4.39 Å². The van der Waals surface area contributed by atoms with Crippen LogP contribution in [-0.2, 0) is 0 Å². The molecule has 2 aromatic carbocycles. The van der Waals surface area contributed by atoms with Crippen molar-refractivity contribution in [3.8, 4) is 5.75 Å². The van der Waals surface area contributed by atoms with Gasteiger partial charge in [0.05, 0.1) is 30.0 Å². The smallest absolute Gasteiger partial charge is 0.251 e. The SMILES string of the molecule is O=C(NC1CCOc2ccc(F)cc21)c1ccc2nc[nH]c2c1. The number of hydrogen-bond acceptors (Lipinski definition) is 3. The van der Waals surface area contributed by atoms with Crippen LogP contribution in [0.2, 0.25) is 0 Å². The Labute approximate surface area is 131 Å². The predicted octanol–water partition coefficient (Wildman–Crippen LogP) is 2.96. The van der Waals surface area contributed by atoms with Crippen LogP contribution in [0.25, 0.3) is 11.0 Å². The molecule has 116 valence electrons. The number of carbonyl (C=O) groups excluding carboxylic acids is 1. The highest BCUT2D eigenvalue weighted by molar-refractivity contribution is 5.97. The molecule has 5 nitrogen and oxygen atoms in total. The molecule has 1 amide bonds. The molecule has 2 N–H and O–H groups in total. The maximum Gasteiger partial charge on any atom is 0.251 e. The normalized spacial score (nSPS) is 16.7. The fourth-order valence-corrected chi connectivity index (χ4v) is 2.83. The Morgan fingerprint density at radius 3 is 3.13 bits per heavy atom. The molecule has 4 rings (SSSR count). The number of ether oxygens (including phenoxy) is 1. The van der Waals surface area contributed by atoms with Crippen LogP contribution in [0.3, 0.4) is 0 Å². The van der Waals surface area contributed by atoms with E-state index in [9.17, 15) is 9.18 Å². The fourth-order valence-electron chi connectivity index (χ4n) is 2.83. The van der Waals surface area contributed by atoms with Gasteiger partial charge in [0.25, 0.3) is 5.91 Å². The summed E-state index contributed by atoms with van der Waals surface area (Å²) in [6.07, 6.45) is 2.19. The second-order valence-electron chi connectivity index (χ2n) is 5.48. The van der Waals surface area contributed by atoms with Gasteiger partial charge in [-0.1, -0.05) is 0 Å². The number of carbonyl (C=O) groups is 1. The van der Waals surface area contributed by atoms with E-state index in [-0.39, 0.29) is 17.8 Å². The third-order valence-electron chi connectivity index (χ3n) is 4.00. The minimum Gasteiger partial charge on any atom is -0.493 e. The molecule has 0 fully saturated rings. The molecule has 1 atom stereocenters. The fraction of sp³-hybridized carbons (Fsp3) is 0.176. The first-order chi connectivity index (χ1) is 11.2. The monoisotopic (exact) mass is 311 g/mol. The summed E-state index contributed by atoms with van der Waals surface area (Å²) in [5.74, 6) is 0.0722. The van der Waals surface area contributed by atoms with Gasteiger partial charge in [0.2, 0.25) is 0 Å². The third-order valence-corrected chi connectivity index (χ3v) is 4.00. The van der Waals surface area contributed by atoms with Crippen molar-refractivity contribution >= 4 is 16.9 Å². The molecule has 6 heteroatoms. The summed E-state index contributed by atoms with van der Waals surface area (Å²) in [4.78, 5) is 19.6. The lowest BCUT2D eigenvalue weighted by molar-refractivity contribution is 0.0924.